The Labute approximate surface area is 138 Å². The monoisotopic (exact) mass is 405 g/mol. The predicted molar refractivity (Wildman–Crippen MR) is 95.1 cm³/mol. The molecule has 0 spiro atoms. The molecule has 0 aliphatic carbocycles. The fourth-order valence-corrected chi connectivity index (χ4v) is 1.78. The number of thioether (sulfide) groups is 1. The first-order valence-corrected chi connectivity index (χ1v) is 7.74. The number of halogens is 1. The van der Waals surface area contributed by atoms with Crippen LogP contribution in [-0.2, 0) is 9.47 Å². The Morgan fingerprint density at radius 2 is 1.84 bits per heavy atom. The van der Waals surface area contributed by atoms with Crippen molar-refractivity contribution < 1.29 is 9.47 Å². The van der Waals surface area contributed by atoms with Gasteiger partial charge >= 0.3 is 0 Å². The van der Waals surface area contributed by atoms with E-state index in [4.69, 9.17) is 9.47 Å². The summed E-state index contributed by atoms with van der Waals surface area (Å²) in [5, 5.41) is 6.48. The first-order valence-electron chi connectivity index (χ1n) is 6.35. The van der Waals surface area contributed by atoms with Crippen molar-refractivity contribution in [1.82, 2.24) is 10.6 Å². The zero-order valence-corrected chi connectivity index (χ0v) is 15.4. The van der Waals surface area contributed by atoms with E-state index in [0.717, 1.165) is 19.0 Å². The van der Waals surface area contributed by atoms with Gasteiger partial charge in [-0.3, -0.25) is 4.99 Å². The topological polar surface area (TPSA) is 54.9 Å². The smallest absolute Gasteiger partial charge is 0.191 e. The fraction of sp³-hybridized carbons (Fsp3) is 0.917. The van der Waals surface area contributed by atoms with E-state index in [2.05, 4.69) is 21.9 Å². The van der Waals surface area contributed by atoms with Gasteiger partial charge in [0.05, 0.1) is 19.8 Å². The van der Waals surface area contributed by atoms with Crippen LogP contribution in [0.15, 0.2) is 4.99 Å². The van der Waals surface area contributed by atoms with Crippen LogP contribution in [0.4, 0.5) is 0 Å². The summed E-state index contributed by atoms with van der Waals surface area (Å²) in [6.45, 7) is 3.66. The summed E-state index contributed by atoms with van der Waals surface area (Å²) >= 11 is 1.89. The van der Waals surface area contributed by atoms with E-state index in [1.807, 2.05) is 11.8 Å². The molecule has 0 radical (unpaired) electrons. The van der Waals surface area contributed by atoms with Gasteiger partial charge in [0.1, 0.15) is 0 Å². The number of methoxy groups -OCH3 is 1. The lowest BCUT2D eigenvalue weighted by atomic mass is 10.3. The number of guanidine groups is 1. The highest BCUT2D eigenvalue weighted by Gasteiger charge is 1.96. The van der Waals surface area contributed by atoms with Gasteiger partial charge in [-0.05, 0) is 24.9 Å². The van der Waals surface area contributed by atoms with Crippen LogP contribution in [0.2, 0.25) is 0 Å². The largest absolute Gasteiger partial charge is 0.382 e. The Hall–Kier alpha value is 0.270. The second-order valence-corrected chi connectivity index (χ2v) is 4.72. The molecular weight excluding hydrogens is 377 g/mol. The van der Waals surface area contributed by atoms with Crippen molar-refractivity contribution in [1.29, 1.82) is 0 Å². The highest BCUT2D eigenvalue weighted by Crippen LogP contribution is 1.97. The van der Waals surface area contributed by atoms with Gasteiger partial charge in [0.2, 0.25) is 0 Å². The maximum atomic E-state index is 5.35. The lowest BCUT2D eigenvalue weighted by Gasteiger charge is -2.11. The van der Waals surface area contributed by atoms with Gasteiger partial charge in [-0.25, -0.2) is 0 Å². The normalized spacial score (nSPS) is 11.0. The van der Waals surface area contributed by atoms with E-state index >= 15 is 0 Å². The molecule has 2 N–H and O–H groups in total. The summed E-state index contributed by atoms with van der Waals surface area (Å²) < 4.78 is 10.2. The molecule has 7 heteroatoms. The van der Waals surface area contributed by atoms with Gasteiger partial charge in [0, 0.05) is 27.2 Å². The Kier molecular flexibility index (Phi) is 20.7. The molecule has 116 valence electrons. The van der Waals surface area contributed by atoms with E-state index in [0.29, 0.717) is 19.8 Å². The van der Waals surface area contributed by atoms with Crippen LogP contribution >= 0.6 is 35.7 Å². The van der Waals surface area contributed by atoms with E-state index < -0.39 is 0 Å². The average Bonchev–Trinajstić information content (AvgIpc) is 2.40. The fourth-order valence-electron chi connectivity index (χ4n) is 1.28. The Morgan fingerprint density at radius 1 is 1.11 bits per heavy atom. The number of aliphatic imine (C=N–C) groups is 1. The summed E-state index contributed by atoms with van der Waals surface area (Å²) in [5.41, 5.74) is 0. The van der Waals surface area contributed by atoms with Gasteiger partial charge < -0.3 is 20.1 Å². The molecule has 0 aromatic rings. The molecule has 0 saturated carbocycles. The molecule has 0 heterocycles. The average molecular weight is 405 g/mol. The van der Waals surface area contributed by atoms with Crippen LogP contribution in [-0.4, -0.2) is 65.0 Å². The summed E-state index contributed by atoms with van der Waals surface area (Å²) in [6, 6.07) is 0. The Bertz CT molecular complexity index is 209. The minimum absolute atomic E-state index is 0. The summed E-state index contributed by atoms with van der Waals surface area (Å²) in [6.07, 6.45) is 4.55. The molecule has 0 rings (SSSR count). The Balaban J connectivity index is 0. The van der Waals surface area contributed by atoms with Crippen molar-refractivity contribution in [3.8, 4) is 0 Å². The number of nitrogens with zero attached hydrogens (tertiary/aromatic N) is 1. The van der Waals surface area contributed by atoms with Crippen LogP contribution in [0.5, 0.6) is 0 Å². The molecule has 0 aromatic carbocycles. The van der Waals surface area contributed by atoms with E-state index in [1.165, 1.54) is 18.6 Å². The van der Waals surface area contributed by atoms with Gasteiger partial charge in [-0.1, -0.05) is 0 Å². The number of ether oxygens (including phenoxy) is 2. The highest BCUT2D eigenvalue weighted by molar-refractivity contribution is 14.0. The van der Waals surface area contributed by atoms with E-state index in [9.17, 15) is 0 Å². The molecule has 0 bridgehead atoms. The standard InChI is InChI=1S/C12H27N3O2S.HI/c1-13-12(14-6-4-5-11-18-3)15-7-8-17-10-9-16-2;/h4-11H2,1-3H3,(H2,13,14,15);1H. The van der Waals surface area contributed by atoms with Crippen molar-refractivity contribution in [2.24, 2.45) is 4.99 Å². The number of hydrogen-bond donors (Lipinski definition) is 2. The molecule has 19 heavy (non-hydrogen) atoms. The minimum atomic E-state index is 0. The van der Waals surface area contributed by atoms with Crippen molar-refractivity contribution in [3.05, 3.63) is 0 Å². The predicted octanol–water partition coefficient (Wildman–Crippen LogP) is 1.58. The van der Waals surface area contributed by atoms with Gasteiger partial charge in [0.25, 0.3) is 0 Å². The second kappa shape index (κ2) is 18.3. The van der Waals surface area contributed by atoms with Crippen LogP contribution < -0.4 is 10.6 Å². The SMILES string of the molecule is CN=C(NCCCCSC)NCCOCCOC.I. The third-order valence-corrected chi connectivity index (χ3v) is 2.96. The maximum Gasteiger partial charge on any atom is 0.191 e. The summed E-state index contributed by atoms with van der Waals surface area (Å²) in [7, 11) is 3.45. The molecular formula is C12H28IN3O2S. The second-order valence-electron chi connectivity index (χ2n) is 3.73. The molecule has 0 unspecified atom stereocenters. The van der Waals surface area contributed by atoms with Gasteiger partial charge in [-0.15, -0.1) is 24.0 Å². The van der Waals surface area contributed by atoms with E-state index in [-0.39, 0.29) is 24.0 Å². The maximum absolute atomic E-state index is 5.35. The lowest BCUT2D eigenvalue weighted by molar-refractivity contribution is 0.0733. The van der Waals surface area contributed by atoms with Crippen LogP contribution in [0.25, 0.3) is 0 Å². The molecule has 0 aromatic heterocycles. The number of hydrogen-bond acceptors (Lipinski definition) is 4. The third kappa shape index (κ3) is 16.2. The van der Waals surface area contributed by atoms with Crippen molar-refractivity contribution in [2.75, 3.05) is 59.1 Å². The molecule has 0 saturated heterocycles. The van der Waals surface area contributed by atoms with E-state index in [1.54, 1.807) is 14.2 Å². The number of unbranched alkanes of at least 4 members (excludes halogenated alkanes) is 1. The van der Waals surface area contributed by atoms with Crippen molar-refractivity contribution in [2.45, 2.75) is 12.8 Å². The van der Waals surface area contributed by atoms with Crippen molar-refractivity contribution in [3.63, 3.8) is 0 Å². The highest BCUT2D eigenvalue weighted by atomic mass is 127. The molecule has 0 atom stereocenters. The minimum Gasteiger partial charge on any atom is -0.382 e. The lowest BCUT2D eigenvalue weighted by Crippen LogP contribution is -2.39. The quantitative estimate of drug-likeness (QED) is 0.237. The molecule has 5 nitrogen and oxygen atoms in total. The van der Waals surface area contributed by atoms with Crippen LogP contribution in [0.3, 0.4) is 0 Å². The zero-order valence-electron chi connectivity index (χ0n) is 12.2. The van der Waals surface area contributed by atoms with Crippen LogP contribution in [0.1, 0.15) is 12.8 Å². The van der Waals surface area contributed by atoms with Crippen LogP contribution in [0, 0.1) is 0 Å². The molecule has 0 fully saturated rings. The third-order valence-electron chi connectivity index (χ3n) is 2.26. The first kappa shape index (κ1) is 21.6. The summed E-state index contributed by atoms with van der Waals surface area (Å²) in [5.74, 6) is 2.07. The molecule has 0 aliphatic heterocycles. The first-order chi connectivity index (χ1) is 8.85. The molecule has 0 aliphatic rings. The number of rotatable bonds is 11. The zero-order chi connectivity index (χ0) is 13.5. The van der Waals surface area contributed by atoms with Gasteiger partial charge in [-0.2, -0.15) is 11.8 Å². The van der Waals surface area contributed by atoms with Crippen molar-refractivity contribution >= 4 is 41.7 Å². The number of nitrogens with one attached hydrogen (secondary N) is 2. The Morgan fingerprint density at radius 3 is 2.47 bits per heavy atom. The summed E-state index contributed by atoms with van der Waals surface area (Å²) in [4.78, 5) is 4.15. The van der Waals surface area contributed by atoms with Gasteiger partial charge in [0.15, 0.2) is 5.96 Å². The molecule has 0 amide bonds.